The summed E-state index contributed by atoms with van der Waals surface area (Å²) in [7, 11) is 0. The Morgan fingerprint density at radius 3 is 2.59 bits per heavy atom. The smallest absolute Gasteiger partial charge is 0.259 e. The van der Waals surface area contributed by atoms with E-state index >= 15 is 0 Å². The van der Waals surface area contributed by atoms with E-state index in [1.807, 2.05) is 49.4 Å². The van der Waals surface area contributed by atoms with Crippen LogP contribution in [0.2, 0.25) is 0 Å². The number of fused-ring (bicyclic) bond motifs is 1. The van der Waals surface area contributed by atoms with E-state index in [0.717, 1.165) is 31.0 Å². The Morgan fingerprint density at radius 2 is 1.85 bits per heavy atom. The fourth-order valence-electron chi connectivity index (χ4n) is 2.67. The SMILES string of the molecule is Cc1cc(Br)c(NCC(=O)N/N=C\c2c(O)ccc3ccccc23)c(Br)c1. The average Bonchev–Trinajstić information content (AvgIpc) is 2.62. The molecular formula is C20H17Br2N3O2. The molecule has 7 heteroatoms. The van der Waals surface area contributed by atoms with Crippen molar-refractivity contribution in [3.63, 3.8) is 0 Å². The van der Waals surface area contributed by atoms with Gasteiger partial charge in [-0.1, -0.05) is 30.3 Å². The van der Waals surface area contributed by atoms with Gasteiger partial charge in [0.1, 0.15) is 5.75 Å². The van der Waals surface area contributed by atoms with Crippen molar-refractivity contribution in [1.82, 2.24) is 5.43 Å². The third-order valence-corrected chi connectivity index (χ3v) is 5.19. The van der Waals surface area contributed by atoms with Crippen LogP contribution in [0.3, 0.4) is 0 Å². The van der Waals surface area contributed by atoms with Crippen LogP contribution < -0.4 is 10.7 Å². The molecule has 0 aromatic heterocycles. The van der Waals surface area contributed by atoms with E-state index in [1.54, 1.807) is 6.07 Å². The molecule has 0 bridgehead atoms. The molecule has 0 atom stereocenters. The van der Waals surface area contributed by atoms with Gasteiger partial charge in [-0.15, -0.1) is 0 Å². The van der Waals surface area contributed by atoms with Gasteiger partial charge in [-0.05, 0) is 73.3 Å². The Morgan fingerprint density at radius 1 is 1.15 bits per heavy atom. The number of phenols is 1. The highest BCUT2D eigenvalue weighted by atomic mass is 79.9. The molecule has 3 aromatic rings. The summed E-state index contributed by atoms with van der Waals surface area (Å²) >= 11 is 6.96. The molecule has 0 radical (unpaired) electrons. The van der Waals surface area contributed by atoms with Crippen molar-refractivity contribution in [2.75, 3.05) is 11.9 Å². The number of hydrogen-bond acceptors (Lipinski definition) is 4. The van der Waals surface area contributed by atoms with E-state index in [9.17, 15) is 9.90 Å². The summed E-state index contributed by atoms with van der Waals surface area (Å²) in [5.41, 5.74) is 4.93. The van der Waals surface area contributed by atoms with Crippen molar-refractivity contribution >= 4 is 60.4 Å². The number of rotatable bonds is 5. The number of benzene rings is 3. The van der Waals surface area contributed by atoms with Crippen LogP contribution in [0.1, 0.15) is 11.1 Å². The summed E-state index contributed by atoms with van der Waals surface area (Å²) in [5.74, 6) is -0.192. The molecule has 0 saturated carbocycles. The third-order valence-electron chi connectivity index (χ3n) is 3.94. The van der Waals surface area contributed by atoms with Crippen molar-refractivity contribution in [1.29, 1.82) is 0 Å². The van der Waals surface area contributed by atoms with Gasteiger partial charge >= 0.3 is 0 Å². The molecule has 27 heavy (non-hydrogen) atoms. The lowest BCUT2D eigenvalue weighted by molar-refractivity contribution is -0.119. The molecule has 3 rings (SSSR count). The van der Waals surface area contributed by atoms with Crippen LogP contribution in [0, 0.1) is 6.92 Å². The Kier molecular flexibility index (Phi) is 6.13. The lowest BCUT2D eigenvalue weighted by atomic mass is 10.0. The van der Waals surface area contributed by atoms with Gasteiger partial charge in [0, 0.05) is 14.5 Å². The van der Waals surface area contributed by atoms with E-state index in [4.69, 9.17) is 0 Å². The summed E-state index contributed by atoms with van der Waals surface area (Å²) in [5, 5.41) is 19.0. The van der Waals surface area contributed by atoms with E-state index < -0.39 is 0 Å². The number of aryl methyl sites for hydroxylation is 1. The minimum Gasteiger partial charge on any atom is -0.507 e. The molecule has 3 aromatic carbocycles. The molecule has 0 saturated heterocycles. The summed E-state index contributed by atoms with van der Waals surface area (Å²) < 4.78 is 1.73. The zero-order chi connectivity index (χ0) is 19.4. The maximum atomic E-state index is 12.1. The van der Waals surface area contributed by atoms with Crippen LogP contribution in [-0.4, -0.2) is 23.8 Å². The standard InChI is InChI=1S/C20H17Br2N3O2/c1-12-8-16(21)20(17(22)9-12)23-11-19(27)25-24-10-15-14-5-3-2-4-13(14)6-7-18(15)26/h2-10,23,26H,11H2,1H3,(H,25,27)/b24-10-. The quantitative estimate of drug-likeness (QED) is 0.350. The van der Waals surface area contributed by atoms with Crippen molar-refractivity contribution in [2.24, 2.45) is 5.10 Å². The number of carbonyl (C=O) groups excluding carboxylic acids is 1. The minimum absolute atomic E-state index is 0.0547. The largest absolute Gasteiger partial charge is 0.507 e. The number of nitrogens with one attached hydrogen (secondary N) is 2. The summed E-state index contributed by atoms with van der Waals surface area (Å²) in [6, 6.07) is 15.0. The Labute approximate surface area is 173 Å². The molecule has 5 nitrogen and oxygen atoms in total. The zero-order valence-electron chi connectivity index (χ0n) is 14.5. The highest BCUT2D eigenvalue weighted by Crippen LogP contribution is 2.32. The van der Waals surface area contributed by atoms with E-state index in [0.29, 0.717) is 5.56 Å². The predicted octanol–water partition coefficient (Wildman–Crippen LogP) is 4.94. The van der Waals surface area contributed by atoms with Crippen molar-refractivity contribution in [3.8, 4) is 5.75 Å². The number of nitrogens with zero attached hydrogens (tertiary/aromatic N) is 1. The maximum absolute atomic E-state index is 12.1. The number of phenolic OH excluding ortho intramolecular Hbond substituents is 1. The Hall–Kier alpha value is -2.38. The number of hydrogen-bond donors (Lipinski definition) is 3. The first-order chi connectivity index (χ1) is 13.0. The minimum atomic E-state index is -0.301. The van der Waals surface area contributed by atoms with Crippen molar-refractivity contribution in [3.05, 3.63) is 68.6 Å². The molecule has 0 heterocycles. The molecule has 0 fully saturated rings. The first-order valence-corrected chi connectivity index (χ1v) is 9.76. The Bertz CT molecular complexity index is 1010. The first kappa shape index (κ1) is 19.4. The second kappa shape index (κ2) is 8.54. The van der Waals surface area contributed by atoms with Gasteiger partial charge < -0.3 is 10.4 Å². The lowest BCUT2D eigenvalue weighted by Crippen LogP contribution is -2.26. The highest BCUT2D eigenvalue weighted by molar-refractivity contribution is 9.11. The van der Waals surface area contributed by atoms with Gasteiger partial charge in [0.2, 0.25) is 0 Å². The second-order valence-electron chi connectivity index (χ2n) is 5.97. The van der Waals surface area contributed by atoms with Gasteiger partial charge in [0.05, 0.1) is 18.4 Å². The van der Waals surface area contributed by atoms with E-state index in [-0.39, 0.29) is 18.2 Å². The summed E-state index contributed by atoms with van der Waals surface area (Å²) in [6.07, 6.45) is 1.45. The monoisotopic (exact) mass is 489 g/mol. The van der Waals surface area contributed by atoms with Crippen LogP contribution in [0.5, 0.6) is 5.75 Å². The van der Waals surface area contributed by atoms with Gasteiger partial charge in [-0.2, -0.15) is 5.10 Å². The summed E-state index contributed by atoms with van der Waals surface area (Å²) in [6.45, 7) is 2.04. The number of aromatic hydroxyl groups is 1. The molecule has 138 valence electrons. The maximum Gasteiger partial charge on any atom is 0.259 e. The molecule has 1 amide bonds. The van der Waals surface area contributed by atoms with Crippen LogP contribution in [0.25, 0.3) is 10.8 Å². The number of halogens is 2. The van der Waals surface area contributed by atoms with E-state index in [2.05, 4.69) is 47.7 Å². The highest BCUT2D eigenvalue weighted by Gasteiger charge is 2.08. The van der Waals surface area contributed by atoms with Crippen LogP contribution in [-0.2, 0) is 4.79 Å². The molecule has 0 aliphatic heterocycles. The molecule has 0 spiro atoms. The number of anilines is 1. The summed E-state index contributed by atoms with van der Waals surface area (Å²) in [4.78, 5) is 12.1. The van der Waals surface area contributed by atoms with Crippen LogP contribution >= 0.6 is 31.9 Å². The number of carbonyl (C=O) groups is 1. The lowest BCUT2D eigenvalue weighted by Gasteiger charge is -2.11. The first-order valence-electron chi connectivity index (χ1n) is 8.18. The Balaban J connectivity index is 1.66. The predicted molar refractivity (Wildman–Crippen MR) is 116 cm³/mol. The molecule has 0 unspecified atom stereocenters. The van der Waals surface area contributed by atoms with Gasteiger partial charge in [-0.3, -0.25) is 4.79 Å². The molecular weight excluding hydrogens is 474 g/mol. The second-order valence-corrected chi connectivity index (χ2v) is 7.68. The third kappa shape index (κ3) is 4.67. The molecule has 0 aliphatic carbocycles. The van der Waals surface area contributed by atoms with Gasteiger partial charge in [0.25, 0.3) is 5.91 Å². The fourth-order valence-corrected chi connectivity index (χ4v) is 4.36. The normalized spacial score (nSPS) is 11.1. The van der Waals surface area contributed by atoms with Gasteiger partial charge in [-0.25, -0.2) is 5.43 Å². The topological polar surface area (TPSA) is 73.7 Å². The van der Waals surface area contributed by atoms with Crippen molar-refractivity contribution in [2.45, 2.75) is 6.92 Å². The van der Waals surface area contributed by atoms with Crippen LogP contribution in [0.15, 0.2) is 62.6 Å². The molecule has 3 N–H and O–H groups in total. The van der Waals surface area contributed by atoms with Crippen LogP contribution in [0.4, 0.5) is 5.69 Å². The molecule has 0 aliphatic rings. The fraction of sp³-hybridized carbons (Fsp3) is 0.100. The average molecular weight is 491 g/mol. The number of hydrazone groups is 1. The van der Waals surface area contributed by atoms with E-state index in [1.165, 1.54) is 6.21 Å². The van der Waals surface area contributed by atoms with Gasteiger partial charge in [0.15, 0.2) is 0 Å². The number of amides is 1. The zero-order valence-corrected chi connectivity index (χ0v) is 17.6. The van der Waals surface area contributed by atoms with Crippen molar-refractivity contribution < 1.29 is 9.90 Å².